The lowest BCUT2D eigenvalue weighted by Crippen LogP contribution is -2.49. The third-order valence-corrected chi connectivity index (χ3v) is 3.90. The van der Waals surface area contributed by atoms with E-state index in [1.165, 1.54) is 4.90 Å². The molecule has 7 nitrogen and oxygen atoms in total. The maximum Gasteiger partial charge on any atom is 0.408 e. The minimum Gasteiger partial charge on any atom is -0.444 e. The van der Waals surface area contributed by atoms with Gasteiger partial charge in [0.1, 0.15) is 18.2 Å². The topological polar surface area (TPSA) is 87.7 Å². The number of hydrogen-bond acceptors (Lipinski definition) is 4. The van der Waals surface area contributed by atoms with Gasteiger partial charge < -0.3 is 20.3 Å². The molecule has 1 aromatic rings. The Hall–Kier alpha value is -2.83. The number of benzene rings is 1. The highest BCUT2D eigenvalue weighted by atomic mass is 16.6. The van der Waals surface area contributed by atoms with E-state index in [0.717, 1.165) is 11.1 Å². The van der Waals surface area contributed by atoms with Crippen LogP contribution in [0.25, 0.3) is 0 Å². The summed E-state index contributed by atoms with van der Waals surface area (Å²) in [5, 5.41) is 5.34. The van der Waals surface area contributed by atoms with E-state index >= 15 is 0 Å². The first-order valence-electron chi connectivity index (χ1n) is 9.69. The van der Waals surface area contributed by atoms with Crippen LogP contribution in [-0.4, -0.2) is 47.5 Å². The number of nitrogens with one attached hydrogen (secondary N) is 2. The van der Waals surface area contributed by atoms with Crippen LogP contribution in [0.5, 0.6) is 0 Å². The van der Waals surface area contributed by atoms with Crippen molar-refractivity contribution in [1.82, 2.24) is 15.5 Å². The summed E-state index contributed by atoms with van der Waals surface area (Å²) in [6.45, 7) is 14.4. The molecule has 0 fully saturated rings. The Labute approximate surface area is 173 Å². The first-order chi connectivity index (χ1) is 13.5. The van der Waals surface area contributed by atoms with Crippen LogP contribution in [0, 0.1) is 6.92 Å². The second-order valence-corrected chi connectivity index (χ2v) is 8.11. The van der Waals surface area contributed by atoms with Crippen molar-refractivity contribution in [2.45, 2.75) is 59.2 Å². The number of aryl methyl sites for hydroxylation is 1. The van der Waals surface area contributed by atoms with E-state index in [4.69, 9.17) is 4.74 Å². The Morgan fingerprint density at radius 1 is 1.21 bits per heavy atom. The molecule has 29 heavy (non-hydrogen) atoms. The summed E-state index contributed by atoms with van der Waals surface area (Å²) in [5.74, 6) is -0.704. The van der Waals surface area contributed by atoms with Gasteiger partial charge in [-0.15, -0.1) is 6.58 Å². The maximum atomic E-state index is 13.0. The predicted molar refractivity (Wildman–Crippen MR) is 113 cm³/mol. The summed E-state index contributed by atoms with van der Waals surface area (Å²) in [5.41, 5.74) is 0.936. The summed E-state index contributed by atoms with van der Waals surface area (Å²) in [6.07, 6.45) is 0.864. The van der Waals surface area contributed by atoms with Crippen molar-refractivity contribution in [3.05, 3.63) is 48.0 Å². The highest BCUT2D eigenvalue weighted by molar-refractivity contribution is 5.90. The Kier molecular flexibility index (Phi) is 8.88. The summed E-state index contributed by atoms with van der Waals surface area (Å²) in [7, 11) is 0. The lowest BCUT2D eigenvalue weighted by Gasteiger charge is -2.32. The largest absolute Gasteiger partial charge is 0.444 e. The van der Waals surface area contributed by atoms with E-state index < -0.39 is 23.6 Å². The maximum absolute atomic E-state index is 13.0. The fourth-order valence-electron chi connectivity index (χ4n) is 2.76. The fourth-order valence-corrected chi connectivity index (χ4v) is 2.76. The van der Waals surface area contributed by atoms with E-state index in [2.05, 4.69) is 17.2 Å². The minimum atomic E-state index is -0.843. The molecule has 1 unspecified atom stereocenters. The molecule has 1 aromatic carbocycles. The molecule has 1 atom stereocenters. The summed E-state index contributed by atoms with van der Waals surface area (Å²) in [6, 6.07) is 6.48. The predicted octanol–water partition coefficient (Wildman–Crippen LogP) is 3.10. The second-order valence-electron chi connectivity index (χ2n) is 8.11. The van der Waals surface area contributed by atoms with Crippen molar-refractivity contribution in [2.75, 3.05) is 13.1 Å². The third kappa shape index (κ3) is 7.97. The zero-order valence-electron chi connectivity index (χ0n) is 18.2. The lowest BCUT2D eigenvalue weighted by molar-refractivity contribution is -0.139. The molecule has 1 rings (SSSR count). The molecule has 0 aliphatic heterocycles. The molecule has 0 aliphatic carbocycles. The van der Waals surface area contributed by atoms with Gasteiger partial charge in [0.15, 0.2) is 0 Å². The van der Waals surface area contributed by atoms with Crippen molar-refractivity contribution in [2.24, 2.45) is 0 Å². The number of alkyl carbamates (subject to hydrolysis) is 1. The summed E-state index contributed by atoms with van der Waals surface area (Å²) in [4.78, 5) is 39.3. The molecular formula is C22H33N3O4. The average molecular weight is 404 g/mol. The molecule has 0 bridgehead atoms. The first kappa shape index (κ1) is 24.2. The van der Waals surface area contributed by atoms with Crippen molar-refractivity contribution >= 4 is 17.9 Å². The van der Waals surface area contributed by atoms with Crippen LogP contribution in [0.3, 0.4) is 0 Å². The molecule has 0 aromatic heterocycles. The van der Waals surface area contributed by atoms with Crippen LogP contribution >= 0.6 is 0 Å². The van der Waals surface area contributed by atoms with Crippen molar-refractivity contribution in [3.8, 4) is 0 Å². The van der Waals surface area contributed by atoms with Gasteiger partial charge >= 0.3 is 6.09 Å². The average Bonchev–Trinajstić information content (AvgIpc) is 2.58. The lowest BCUT2D eigenvalue weighted by atomic mass is 9.98. The van der Waals surface area contributed by atoms with Gasteiger partial charge in [-0.25, -0.2) is 4.79 Å². The zero-order chi connectivity index (χ0) is 22.2. The van der Waals surface area contributed by atoms with Crippen LogP contribution in [0.15, 0.2) is 36.9 Å². The molecule has 3 amide bonds. The third-order valence-electron chi connectivity index (χ3n) is 3.90. The standard InChI is InChI=1S/C22H33N3O4/c1-8-13-25(18(26)14-23-21(28)29-22(5,6)7)19(20(27)24-15(2)3)17-12-10-9-11-16(17)4/h8-12,15,19H,1,13-14H2,2-7H3,(H,23,28)(H,24,27). The molecule has 0 radical (unpaired) electrons. The van der Waals surface area contributed by atoms with Gasteiger partial charge in [-0.2, -0.15) is 0 Å². The molecule has 2 N–H and O–H groups in total. The van der Waals surface area contributed by atoms with Crippen LogP contribution in [-0.2, 0) is 14.3 Å². The van der Waals surface area contributed by atoms with E-state index in [9.17, 15) is 14.4 Å². The molecule has 0 saturated heterocycles. The van der Waals surface area contributed by atoms with Gasteiger partial charge in [0.2, 0.25) is 11.8 Å². The Bertz CT molecular complexity index is 738. The first-order valence-corrected chi connectivity index (χ1v) is 9.69. The van der Waals surface area contributed by atoms with Gasteiger partial charge in [0, 0.05) is 12.6 Å². The molecule has 0 saturated carbocycles. The van der Waals surface area contributed by atoms with E-state index in [1.807, 2.05) is 45.0 Å². The van der Waals surface area contributed by atoms with Crippen molar-refractivity contribution < 1.29 is 19.1 Å². The van der Waals surface area contributed by atoms with Crippen LogP contribution in [0.1, 0.15) is 51.8 Å². The molecule has 0 spiro atoms. The summed E-state index contributed by atoms with van der Waals surface area (Å²) < 4.78 is 5.17. The molecule has 160 valence electrons. The zero-order valence-corrected chi connectivity index (χ0v) is 18.2. The SMILES string of the molecule is C=CCN(C(=O)CNC(=O)OC(C)(C)C)C(C(=O)NC(C)C)c1ccccc1C. The van der Waals surface area contributed by atoms with Crippen LogP contribution < -0.4 is 10.6 Å². The van der Waals surface area contributed by atoms with E-state index in [0.29, 0.717) is 0 Å². The number of carbonyl (C=O) groups excluding carboxylic acids is 3. The highest BCUT2D eigenvalue weighted by Crippen LogP contribution is 2.25. The normalized spacial score (nSPS) is 12.1. The Balaban J connectivity index is 3.14. The van der Waals surface area contributed by atoms with Crippen LogP contribution in [0.2, 0.25) is 0 Å². The van der Waals surface area contributed by atoms with E-state index in [-0.39, 0.29) is 25.0 Å². The number of hydrogen-bond donors (Lipinski definition) is 2. The van der Waals surface area contributed by atoms with Crippen molar-refractivity contribution in [1.29, 1.82) is 0 Å². The molecular weight excluding hydrogens is 370 g/mol. The monoisotopic (exact) mass is 403 g/mol. The molecule has 0 heterocycles. The van der Waals surface area contributed by atoms with Crippen molar-refractivity contribution in [3.63, 3.8) is 0 Å². The summed E-state index contributed by atoms with van der Waals surface area (Å²) >= 11 is 0. The van der Waals surface area contributed by atoms with Gasteiger partial charge in [0.05, 0.1) is 0 Å². The number of ether oxygens (including phenoxy) is 1. The van der Waals surface area contributed by atoms with Gasteiger partial charge in [-0.3, -0.25) is 9.59 Å². The Morgan fingerprint density at radius 3 is 2.34 bits per heavy atom. The fraction of sp³-hybridized carbons (Fsp3) is 0.500. The molecule has 0 aliphatic rings. The number of nitrogens with zero attached hydrogens (tertiary/aromatic N) is 1. The van der Waals surface area contributed by atoms with Gasteiger partial charge in [-0.05, 0) is 52.7 Å². The highest BCUT2D eigenvalue weighted by Gasteiger charge is 2.32. The Morgan fingerprint density at radius 2 is 1.83 bits per heavy atom. The quantitative estimate of drug-likeness (QED) is 0.653. The molecule has 7 heteroatoms. The number of amides is 3. The van der Waals surface area contributed by atoms with Gasteiger partial charge in [0.25, 0.3) is 0 Å². The number of carbonyl (C=O) groups is 3. The van der Waals surface area contributed by atoms with E-state index in [1.54, 1.807) is 26.8 Å². The minimum absolute atomic E-state index is 0.0883. The van der Waals surface area contributed by atoms with Crippen LogP contribution in [0.4, 0.5) is 4.79 Å². The smallest absolute Gasteiger partial charge is 0.408 e. The number of rotatable bonds is 8. The second kappa shape index (κ2) is 10.6. The van der Waals surface area contributed by atoms with Gasteiger partial charge in [-0.1, -0.05) is 30.3 Å².